The number of rotatable bonds is 10. The zero-order valence-electron chi connectivity index (χ0n) is 25.0. The summed E-state index contributed by atoms with van der Waals surface area (Å²) in [6.07, 6.45) is -6.04. The molecule has 2 aromatic rings. The van der Waals surface area contributed by atoms with Gasteiger partial charge in [-0.15, -0.1) is 0 Å². The number of β-amino-alcohol motifs (C(OH)–C–C–N with tert-alkyl or cyclic N) is 1. The van der Waals surface area contributed by atoms with E-state index in [2.05, 4.69) is 10.6 Å². The van der Waals surface area contributed by atoms with Crippen molar-refractivity contribution in [2.24, 2.45) is 0 Å². The number of hydrogen-bond donors (Lipinski definition) is 4. The van der Waals surface area contributed by atoms with Crippen LogP contribution in [-0.2, 0) is 31.6 Å². The molecule has 0 spiro atoms. The monoisotopic (exact) mass is 676 g/mol. The van der Waals surface area contributed by atoms with E-state index in [9.17, 15) is 55.0 Å². The maximum Gasteiger partial charge on any atom is 0.424 e. The summed E-state index contributed by atoms with van der Waals surface area (Å²) in [5.74, 6) is -2.19. The second kappa shape index (κ2) is 12.1. The Morgan fingerprint density at radius 1 is 1.11 bits per heavy atom. The fourth-order valence-electron chi connectivity index (χ4n) is 5.40. The molecule has 252 valence electrons. The third-order valence-corrected chi connectivity index (χ3v) is 9.74. The molecule has 2 aliphatic rings. The molecule has 2 heterocycles. The first kappa shape index (κ1) is 35.0. The first-order valence-electron chi connectivity index (χ1n) is 14.0. The maximum atomic E-state index is 13.9. The molecule has 17 heteroatoms. The SMILES string of the molecule is CC(C)(O)CN1C(=O)NC(C)(CNC(=O)C[C@@H]2CCc3cc(C(O)(CF)C(F)(F)F)ccc3N2S(=O)(=O)c2ccc(F)cc2)C1=O. The number of nitrogens with zero attached hydrogens (tertiary/aromatic N) is 2. The number of fused-ring (bicyclic) bond motifs is 1. The number of aryl methyl sites for hydroxylation is 1. The maximum absolute atomic E-state index is 13.9. The van der Waals surface area contributed by atoms with E-state index in [1.54, 1.807) is 0 Å². The molecule has 3 atom stereocenters. The topological polar surface area (TPSA) is 156 Å². The minimum atomic E-state index is -5.38. The number of alkyl halides is 4. The van der Waals surface area contributed by atoms with Gasteiger partial charge in [-0.05, 0) is 75.1 Å². The molecule has 4 N–H and O–H groups in total. The fraction of sp³-hybridized carbons (Fsp3) is 0.483. The van der Waals surface area contributed by atoms with Crippen LogP contribution in [-0.4, -0.2) is 84.5 Å². The van der Waals surface area contributed by atoms with Crippen molar-refractivity contribution in [2.45, 2.75) is 73.9 Å². The van der Waals surface area contributed by atoms with Crippen LogP contribution in [0, 0.1) is 5.82 Å². The molecule has 0 saturated carbocycles. The van der Waals surface area contributed by atoms with Gasteiger partial charge < -0.3 is 20.8 Å². The molecule has 2 aliphatic heterocycles. The average Bonchev–Trinajstić information content (AvgIpc) is 3.16. The van der Waals surface area contributed by atoms with Crippen LogP contribution in [0.25, 0.3) is 0 Å². The van der Waals surface area contributed by atoms with Gasteiger partial charge in [-0.25, -0.2) is 22.0 Å². The Labute approximate surface area is 261 Å². The van der Waals surface area contributed by atoms with E-state index in [1.165, 1.54) is 20.8 Å². The zero-order valence-corrected chi connectivity index (χ0v) is 25.8. The average molecular weight is 677 g/mol. The number of urea groups is 1. The molecule has 4 amide bonds. The van der Waals surface area contributed by atoms with E-state index in [0.29, 0.717) is 0 Å². The molecule has 0 aromatic heterocycles. The highest BCUT2D eigenvalue weighted by Gasteiger charge is 2.56. The van der Waals surface area contributed by atoms with Crippen LogP contribution < -0.4 is 14.9 Å². The molecular formula is C29H33F5N4O7S. The Balaban J connectivity index is 1.63. The summed E-state index contributed by atoms with van der Waals surface area (Å²) in [7, 11) is -4.57. The van der Waals surface area contributed by atoms with Crippen molar-refractivity contribution in [3.05, 3.63) is 59.4 Å². The van der Waals surface area contributed by atoms with Crippen molar-refractivity contribution in [2.75, 3.05) is 24.1 Å². The number of carbonyl (C=O) groups is 3. The van der Waals surface area contributed by atoms with Crippen molar-refractivity contribution in [3.8, 4) is 0 Å². The van der Waals surface area contributed by atoms with Crippen LogP contribution in [0.15, 0.2) is 47.4 Å². The number of carbonyl (C=O) groups excluding carboxylic acids is 3. The van der Waals surface area contributed by atoms with E-state index >= 15 is 0 Å². The molecule has 11 nitrogen and oxygen atoms in total. The largest absolute Gasteiger partial charge is 0.424 e. The van der Waals surface area contributed by atoms with Crippen LogP contribution in [0.4, 0.5) is 32.4 Å². The van der Waals surface area contributed by atoms with Gasteiger partial charge in [0, 0.05) is 13.0 Å². The standard InChI is InChI=1S/C29H33F5N4O7S/c1-26(2,42)16-37-24(40)27(3,36-25(37)41)15-35-23(39)13-20-8-4-17-12-18(28(43,14-30)29(32,33)34)5-11-22(17)38(20)46(44,45)21-9-6-19(31)7-10-21/h5-7,9-12,20,42-43H,4,8,13-16H2,1-3H3,(H,35,39)(H,36,41)/t20-,27?,28?/m0/s1. The number of anilines is 1. The number of halogens is 5. The third-order valence-electron chi connectivity index (χ3n) is 7.86. The zero-order chi connectivity index (χ0) is 34.5. The number of imide groups is 1. The summed E-state index contributed by atoms with van der Waals surface area (Å²) in [6.45, 7) is 1.26. The second-order valence-corrected chi connectivity index (χ2v) is 14.0. The van der Waals surface area contributed by atoms with Gasteiger partial charge in [-0.1, -0.05) is 12.1 Å². The molecule has 2 unspecified atom stereocenters. The molecule has 46 heavy (non-hydrogen) atoms. The quantitative estimate of drug-likeness (QED) is 0.223. The van der Waals surface area contributed by atoms with Gasteiger partial charge in [0.2, 0.25) is 11.5 Å². The van der Waals surface area contributed by atoms with Crippen molar-refractivity contribution in [3.63, 3.8) is 0 Å². The van der Waals surface area contributed by atoms with Crippen molar-refractivity contribution in [1.29, 1.82) is 0 Å². The number of aliphatic hydroxyl groups is 2. The highest BCUT2D eigenvalue weighted by molar-refractivity contribution is 7.92. The fourth-order valence-corrected chi connectivity index (χ4v) is 7.12. The van der Waals surface area contributed by atoms with E-state index < -0.39 is 87.8 Å². The lowest BCUT2D eigenvalue weighted by atomic mass is 9.88. The number of nitrogens with one attached hydrogen (secondary N) is 2. The predicted molar refractivity (Wildman–Crippen MR) is 153 cm³/mol. The summed E-state index contributed by atoms with van der Waals surface area (Å²) in [4.78, 5) is 38.9. The van der Waals surface area contributed by atoms with E-state index in [1.807, 2.05) is 0 Å². The molecule has 1 saturated heterocycles. The molecule has 0 bridgehead atoms. The first-order valence-corrected chi connectivity index (χ1v) is 15.5. The molecule has 4 rings (SSSR count). The lowest BCUT2D eigenvalue weighted by Gasteiger charge is -2.38. The summed E-state index contributed by atoms with van der Waals surface area (Å²) < 4.78 is 96.4. The Bertz CT molecular complexity index is 1630. The van der Waals surface area contributed by atoms with Gasteiger partial charge >= 0.3 is 12.2 Å². The Morgan fingerprint density at radius 2 is 1.74 bits per heavy atom. The smallest absolute Gasteiger partial charge is 0.389 e. The van der Waals surface area contributed by atoms with Gasteiger partial charge in [0.05, 0.1) is 28.8 Å². The second-order valence-electron chi connectivity index (χ2n) is 12.2. The van der Waals surface area contributed by atoms with Gasteiger partial charge in [-0.2, -0.15) is 13.2 Å². The Kier molecular flexibility index (Phi) is 9.20. The van der Waals surface area contributed by atoms with Crippen LogP contribution in [0.5, 0.6) is 0 Å². The first-order chi connectivity index (χ1) is 21.1. The Hall–Kier alpha value is -3.83. The lowest BCUT2D eigenvalue weighted by molar-refractivity contribution is -0.271. The summed E-state index contributed by atoms with van der Waals surface area (Å²) in [5, 5.41) is 25.1. The highest BCUT2D eigenvalue weighted by atomic mass is 32.2. The Morgan fingerprint density at radius 3 is 2.30 bits per heavy atom. The van der Waals surface area contributed by atoms with Gasteiger partial charge in [0.15, 0.2) is 0 Å². The predicted octanol–water partition coefficient (Wildman–Crippen LogP) is 2.64. The minimum absolute atomic E-state index is 0.0228. The van der Waals surface area contributed by atoms with Crippen LogP contribution >= 0.6 is 0 Å². The molecule has 0 aliphatic carbocycles. The van der Waals surface area contributed by atoms with E-state index in [0.717, 1.165) is 51.7 Å². The molecule has 1 fully saturated rings. The third kappa shape index (κ3) is 6.66. The molecule has 2 aromatic carbocycles. The van der Waals surface area contributed by atoms with Gasteiger partial charge in [-0.3, -0.25) is 18.8 Å². The van der Waals surface area contributed by atoms with E-state index in [-0.39, 0.29) is 35.5 Å². The minimum Gasteiger partial charge on any atom is -0.389 e. The summed E-state index contributed by atoms with van der Waals surface area (Å²) in [5.41, 5.74) is -7.77. The van der Waals surface area contributed by atoms with Gasteiger partial charge in [0.1, 0.15) is 18.0 Å². The van der Waals surface area contributed by atoms with Crippen LogP contribution in [0.2, 0.25) is 0 Å². The van der Waals surface area contributed by atoms with Crippen LogP contribution in [0.1, 0.15) is 44.7 Å². The lowest BCUT2D eigenvalue weighted by Crippen LogP contribution is -2.54. The van der Waals surface area contributed by atoms with Crippen molar-refractivity contribution in [1.82, 2.24) is 15.5 Å². The van der Waals surface area contributed by atoms with Crippen molar-refractivity contribution < 1.29 is 55.0 Å². The van der Waals surface area contributed by atoms with Crippen molar-refractivity contribution >= 4 is 33.6 Å². The van der Waals surface area contributed by atoms with Gasteiger partial charge in [0.25, 0.3) is 15.9 Å². The normalized spacial score (nSPS) is 21.9. The number of benzene rings is 2. The number of amides is 4. The summed E-state index contributed by atoms with van der Waals surface area (Å²) in [6, 6.07) is 4.42. The number of sulfonamides is 1. The van der Waals surface area contributed by atoms with E-state index in [4.69, 9.17) is 0 Å². The molecular weight excluding hydrogens is 643 g/mol. The molecule has 0 radical (unpaired) electrons. The highest BCUT2D eigenvalue weighted by Crippen LogP contribution is 2.43. The van der Waals surface area contributed by atoms with Crippen LogP contribution in [0.3, 0.4) is 0 Å². The number of hydrogen-bond acceptors (Lipinski definition) is 7. The summed E-state index contributed by atoms with van der Waals surface area (Å²) >= 11 is 0.